The smallest absolute Gasteiger partial charge is 0.131 e. The van der Waals surface area contributed by atoms with Crippen LogP contribution < -0.4 is 14.8 Å². The Kier molecular flexibility index (Phi) is 3.90. The van der Waals surface area contributed by atoms with Crippen LogP contribution in [0.15, 0.2) is 30.5 Å². The molecule has 2 heterocycles. The fraction of sp³-hybridized carbons (Fsp3) is 0.375. The topological polar surface area (TPSA) is 56.3 Å². The van der Waals surface area contributed by atoms with Gasteiger partial charge >= 0.3 is 0 Å². The van der Waals surface area contributed by atoms with Crippen molar-refractivity contribution in [3.05, 3.63) is 41.9 Å². The molecular formula is C16H19N3O2. The van der Waals surface area contributed by atoms with Gasteiger partial charge in [-0.2, -0.15) is 0 Å². The summed E-state index contributed by atoms with van der Waals surface area (Å²) in [6, 6.07) is 7.86. The molecule has 1 aromatic heterocycles. The van der Waals surface area contributed by atoms with Gasteiger partial charge in [0.1, 0.15) is 23.1 Å². The lowest BCUT2D eigenvalue weighted by Crippen LogP contribution is -2.23. The van der Waals surface area contributed by atoms with Gasteiger partial charge in [-0.25, -0.2) is 9.97 Å². The molecule has 0 saturated carbocycles. The molecule has 0 spiro atoms. The van der Waals surface area contributed by atoms with Gasteiger partial charge in [-0.1, -0.05) is 6.07 Å². The highest BCUT2D eigenvalue weighted by atomic mass is 16.5. The number of aromatic nitrogens is 2. The van der Waals surface area contributed by atoms with E-state index in [1.54, 1.807) is 13.3 Å². The number of rotatable bonds is 4. The fourth-order valence-corrected chi connectivity index (χ4v) is 2.57. The first-order valence-corrected chi connectivity index (χ1v) is 7.08. The van der Waals surface area contributed by atoms with Gasteiger partial charge in [0.2, 0.25) is 0 Å². The monoisotopic (exact) mass is 285 g/mol. The van der Waals surface area contributed by atoms with Crippen molar-refractivity contribution in [2.45, 2.75) is 12.8 Å². The lowest BCUT2D eigenvalue weighted by Gasteiger charge is -2.25. The third-order valence-corrected chi connectivity index (χ3v) is 3.69. The van der Waals surface area contributed by atoms with E-state index in [2.05, 4.69) is 21.4 Å². The van der Waals surface area contributed by atoms with Gasteiger partial charge in [-0.3, -0.25) is 0 Å². The Morgan fingerprint density at radius 1 is 1.38 bits per heavy atom. The third-order valence-electron chi connectivity index (χ3n) is 3.69. The molecule has 21 heavy (non-hydrogen) atoms. The molecule has 5 heteroatoms. The van der Waals surface area contributed by atoms with Crippen LogP contribution in [0.5, 0.6) is 11.5 Å². The Hall–Kier alpha value is -2.30. The second-order valence-electron chi connectivity index (χ2n) is 5.17. The number of ether oxygens (including phenoxy) is 2. The summed E-state index contributed by atoms with van der Waals surface area (Å²) in [5.41, 5.74) is 1.22. The van der Waals surface area contributed by atoms with Crippen molar-refractivity contribution in [2.24, 2.45) is 5.92 Å². The van der Waals surface area contributed by atoms with Crippen LogP contribution in [0.4, 0.5) is 5.82 Å². The van der Waals surface area contributed by atoms with Gasteiger partial charge in [0.15, 0.2) is 0 Å². The van der Waals surface area contributed by atoms with Gasteiger partial charge in [-0.15, -0.1) is 0 Å². The molecule has 0 radical (unpaired) electrons. The maximum absolute atomic E-state index is 5.86. The molecule has 1 aliphatic rings. The molecule has 0 fully saturated rings. The standard InChI is InChI=1S/C16H19N3O2/c1-17-15-5-6-18-16(19-15)8-11-7-12-3-4-13(20-2)9-14(12)21-10-11/h3-6,9,11H,7-8,10H2,1-2H3,(H,17,18,19)/t11-/m1/s1. The highest BCUT2D eigenvalue weighted by molar-refractivity contribution is 5.42. The molecule has 1 atom stereocenters. The van der Waals surface area contributed by atoms with Crippen molar-refractivity contribution in [2.75, 3.05) is 26.1 Å². The number of methoxy groups -OCH3 is 1. The summed E-state index contributed by atoms with van der Waals surface area (Å²) in [6.45, 7) is 0.688. The fourth-order valence-electron chi connectivity index (χ4n) is 2.57. The second kappa shape index (κ2) is 5.99. The van der Waals surface area contributed by atoms with Crippen LogP contribution in [0.2, 0.25) is 0 Å². The van der Waals surface area contributed by atoms with Crippen LogP contribution in [0.1, 0.15) is 11.4 Å². The van der Waals surface area contributed by atoms with E-state index in [0.29, 0.717) is 12.5 Å². The summed E-state index contributed by atoms with van der Waals surface area (Å²) >= 11 is 0. The molecule has 0 aliphatic carbocycles. The van der Waals surface area contributed by atoms with Crippen molar-refractivity contribution in [1.29, 1.82) is 0 Å². The second-order valence-corrected chi connectivity index (χ2v) is 5.17. The maximum Gasteiger partial charge on any atom is 0.131 e. The van der Waals surface area contributed by atoms with E-state index in [9.17, 15) is 0 Å². The van der Waals surface area contributed by atoms with E-state index < -0.39 is 0 Å². The van der Waals surface area contributed by atoms with Crippen molar-refractivity contribution in [1.82, 2.24) is 9.97 Å². The molecule has 5 nitrogen and oxygen atoms in total. The lowest BCUT2D eigenvalue weighted by atomic mass is 9.93. The highest BCUT2D eigenvalue weighted by Crippen LogP contribution is 2.31. The first-order chi connectivity index (χ1) is 10.3. The average molecular weight is 285 g/mol. The molecule has 1 aliphatic heterocycles. The van der Waals surface area contributed by atoms with Crippen LogP contribution in [0, 0.1) is 5.92 Å². The molecule has 0 saturated heterocycles. The van der Waals surface area contributed by atoms with E-state index in [-0.39, 0.29) is 0 Å². The predicted octanol–water partition coefficient (Wildman–Crippen LogP) is 2.32. The lowest BCUT2D eigenvalue weighted by molar-refractivity contribution is 0.218. The molecule has 0 bridgehead atoms. The molecule has 3 rings (SSSR count). The van der Waals surface area contributed by atoms with Crippen molar-refractivity contribution in [3.8, 4) is 11.5 Å². The summed E-state index contributed by atoms with van der Waals surface area (Å²) in [7, 11) is 3.53. The van der Waals surface area contributed by atoms with E-state index >= 15 is 0 Å². The third kappa shape index (κ3) is 3.07. The first kappa shape index (κ1) is 13.7. The number of nitrogens with zero attached hydrogens (tertiary/aromatic N) is 2. The van der Waals surface area contributed by atoms with Gasteiger partial charge in [0, 0.05) is 31.6 Å². The zero-order chi connectivity index (χ0) is 14.7. The summed E-state index contributed by atoms with van der Waals surface area (Å²) in [5, 5.41) is 3.04. The summed E-state index contributed by atoms with van der Waals surface area (Å²) < 4.78 is 11.1. The average Bonchev–Trinajstić information content (AvgIpc) is 2.54. The minimum atomic E-state index is 0.401. The first-order valence-electron chi connectivity index (χ1n) is 7.08. The molecule has 0 amide bonds. The van der Waals surface area contributed by atoms with E-state index in [1.165, 1.54) is 5.56 Å². The van der Waals surface area contributed by atoms with Crippen molar-refractivity contribution < 1.29 is 9.47 Å². The van der Waals surface area contributed by atoms with Crippen LogP contribution in [0.3, 0.4) is 0 Å². The molecule has 1 aromatic carbocycles. The van der Waals surface area contributed by atoms with Gasteiger partial charge < -0.3 is 14.8 Å². The number of benzene rings is 1. The van der Waals surface area contributed by atoms with E-state index in [0.717, 1.165) is 36.0 Å². The van der Waals surface area contributed by atoms with Crippen LogP contribution in [0.25, 0.3) is 0 Å². The Balaban J connectivity index is 1.71. The van der Waals surface area contributed by atoms with Crippen molar-refractivity contribution in [3.63, 3.8) is 0 Å². The summed E-state index contributed by atoms with van der Waals surface area (Å²) in [4.78, 5) is 8.81. The Bertz CT molecular complexity index is 631. The number of hydrogen-bond donors (Lipinski definition) is 1. The number of anilines is 1. The normalized spacial score (nSPS) is 16.8. The van der Waals surface area contributed by atoms with Crippen LogP contribution >= 0.6 is 0 Å². The quantitative estimate of drug-likeness (QED) is 0.934. The Morgan fingerprint density at radius 2 is 2.29 bits per heavy atom. The SMILES string of the molecule is CNc1ccnc(C[C@@H]2COc3cc(OC)ccc3C2)n1. The van der Waals surface area contributed by atoms with E-state index in [4.69, 9.17) is 9.47 Å². The van der Waals surface area contributed by atoms with Crippen molar-refractivity contribution >= 4 is 5.82 Å². The van der Waals surface area contributed by atoms with Crippen LogP contribution in [-0.4, -0.2) is 30.7 Å². The Labute approximate surface area is 124 Å². The van der Waals surface area contributed by atoms with Gasteiger partial charge in [0.05, 0.1) is 13.7 Å². The van der Waals surface area contributed by atoms with Gasteiger partial charge in [-0.05, 0) is 24.1 Å². The van der Waals surface area contributed by atoms with E-state index in [1.807, 2.05) is 25.2 Å². The predicted molar refractivity (Wildman–Crippen MR) is 81.0 cm³/mol. The number of hydrogen-bond acceptors (Lipinski definition) is 5. The molecule has 110 valence electrons. The molecule has 1 N–H and O–H groups in total. The maximum atomic E-state index is 5.86. The molecule has 0 unspecified atom stereocenters. The summed E-state index contributed by atoms with van der Waals surface area (Å²) in [5.74, 6) is 3.86. The minimum Gasteiger partial charge on any atom is -0.497 e. The highest BCUT2D eigenvalue weighted by Gasteiger charge is 2.21. The Morgan fingerprint density at radius 3 is 3.10 bits per heavy atom. The zero-order valence-corrected chi connectivity index (χ0v) is 12.3. The zero-order valence-electron chi connectivity index (χ0n) is 12.3. The largest absolute Gasteiger partial charge is 0.497 e. The number of fused-ring (bicyclic) bond motifs is 1. The number of nitrogens with one attached hydrogen (secondary N) is 1. The summed E-state index contributed by atoms with van der Waals surface area (Å²) in [6.07, 6.45) is 3.59. The minimum absolute atomic E-state index is 0.401. The molecular weight excluding hydrogens is 266 g/mol. The van der Waals surface area contributed by atoms with Gasteiger partial charge in [0.25, 0.3) is 0 Å². The molecule has 2 aromatic rings. The van der Waals surface area contributed by atoms with Crippen LogP contribution in [-0.2, 0) is 12.8 Å².